The summed E-state index contributed by atoms with van der Waals surface area (Å²) < 4.78 is 42.9. The van der Waals surface area contributed by atoms with Crippen LogP contribution in [0.4, 0.5) is 24.7 Å². The van der Waals surface area contributed by atoms with E-state index in [9.17, 15) is 22.8 Å². The Balaban J connectivity index is 1.22. The van der Waals surface area contributed by atoms with Crippen LogP contribution in [-0.2, 0) is 9.59 Å². The van der Waals surface area contributed by atoms with E-state index >= 15 is 0 Å². The molecule has 0 aliphatic carbocycles. The number of likely N-dealkylation sites (tertiary alicyclic amines) is 1. The lowest BCUT2D eigenvalue weighted by Gasteiger charge is -2.18. The van der Waals surface area contributed by atoms with Crippen LogP contribution in [0.5, 0.6) is 5.75 Å². The van der Waals surface area contributed by atoms with Gasteiger partial charge in [0.25, 0.3) is 0 Å². The molecule has 0 spiro atoms. The van der Waals surface area contributed by atoms with Gasteiger partial charge in [-0.05, 0) is 42.8 Å². The summed E-state index contributed by atoms with van der Waals surface area (Å²) >= 11 is 0. The second kappa shape index (κ2) is 10.3. The van der Waals surface area contributed by atoms with Crippen molar-refractivity contribution in [2.24, 2.45) is 5.92 Å². The molecule has 34 heavy (non-hydrogen) atoms. The molecule has 2 atom stereocenters. The fourth-order valence-corrected chi connectivity index (χ4v) is 4.16. The van der Waals surface area contributed by atoms with Gasteiger partial charge in [-0.15, -0.1) is 5.10 Å². The van der Waals surface area contributed by atoms with E-state index in [1.54, 1.807) is 30.5 Å². The first-order chi connectivity index (χ1) is 16.3. The number of ether oxygens (including phenoxy) is 1. The molecule has 2 fully saturated rings. The van der Waals surface area contributed by atoms with Gasteiger partial charge in [0.2, 0.25) is 11.8 Å². The Morgan fingerprint density at radius 2 is 1.88 bits per heavy atom. The van der Waals surface area contributed by atoms with Crippen molar-refractivity contribution in [3.05, 3.63) is 42.6 Å². The molecule has 2 aliphatic rings. The van der Waals surface area contributed by atoms with Crippen LogP contribution in [0, 0.1) is 5.92 Å². The summed E-state index contributed by atoms with van der Waals surface area (Å²) in [6, 6.07) is 10.6. The standard InChI is InChI=1S/C23H26F3N5O3/c24-23(25,26)10-7-21(32)31-13-9-19(15-31)34-18-5-3-17(4-6-18)28-22(33)16-8-12-30(14-16)20-2-1-11-27-29-20/h1-6,11,16,19H,7-10,12-15H2,(H,28,33)/t16?,19-/m1/s1. The number of amides is 2. The maximum atomic E-state index is 12.7. The molecular weight excluding hydrogens is 451 g/mol. The Morgan fingerprint density at radius 1 is 1.09 bits per heavy atom. The van der Waals surface area contributed by atoms with Gasteiger partial charge in [-0.3, -0.25) is 9.59 Å². The second-order valence-electron chi connectivity index (χ2n) is 8.51. The number of anilines is 2. The van der Waals surface area contributed by atoms with Crippen LogP contribution in [-0.4, -0.2) is 65.4 Å². The van der Waals surface area contributed by atoms with Crippen molar-refractivity contribution in [2.75, 3.05) is 36.4 Å². The highest BCUT2D eigenvalue weighted by molar-refractivity contribution is 5.93. The normalized spacial score (nSPS) is 20.4. The maximum Gasteiger partial charge on any atom is 0.389 e. The Hall–Kier alpha value is -3.37. The zero-order valence-corrected chi connectivity index (χ0v) is 18.5. The molecule has 1 unspecified atom stereocenters. The molecule has 3 heterocycles. The van der Waals surface area contributed by atoms with Gasteiger partial charge in [-0.25, -0.2) is 0 Å². The number of carbonyl (C=O) groups excluding carboxylic acids is 2. The topological polar surface area (TPSA) is 87.7 Å². The third-order valence-corrected chi connectivity index (χ3v) is 5.99. The van der Waals surface area contributed by atoms with Gasteiger partial charge in [0.15, 0.2) is 5.82 Å². The first-order valence-electron chi connectivity index (χ1n) is 11.2. The average molecular weight is 477 g/mol. The number of nitrogens with zero attached hydrogens (tertiary/aromatic N) is 4. The lowest BCUT2D eigenvalue weighted by atomic mass is 10.1. The summed E-state index contributed by atoms with van der Waals surface area (Å²) in [7, 11) is 0. The van der Waals surface area contributed by atoms with E-state index in [0.717, 1.165) is 18.8 Å². The Labute approximate surface area is 195 Å². The SMILES string of the molecule is O=C(Nc1ccc(O[C@@H]2CCN(C(=O)CCC(F)(F)F)C2)cc1)C1CCN(c2cccnn2)C1. The third kappa shape index (κ3) is 6.36. The minimum atomic E-state index is -4.34. The summed E-state index contributed by atoms with van der Waals surface area (Å²) in [4.78, 5) is 28.1. The van der Waals surface area contributed by atoms with Crippen LogP contribution in [0.15, 0.2) is 42.6 Å². The fraction of sp³-hybridized carbons (Fsp3) is 0.478. The van der Waals surface area contributed by atoms with E-state index < -0.39 is 24.9 Å². The molecule has 11 heteroatoms. The highest BCUT2D eigenvalue weighted by Crippen LogP contribution is 2.26. The molecule has 1 aromatic carbocycles. The van der Waals surface area contributed by atoms with E-state index in [2.05, 4.69) is 15.5 Å². The zero-order valence-electron chi connectivity index (χ0n) is 18.5. The largest absolute Gasteiger partial charge is 0.489 e. The predicted octanol–water partition coefficient (Wildman–Crippen LogP) is 3.26. The molecule has 1 N–H and O–H groups in total. The van der Waals surface area contributed by atoms with E-state index in [-0.39, 0.29) is 24.5 Å². The smallest absolute Gasteiger partial charge is 0.389 e. The number of rotatable bonds is 7. The minimum Gasteiger partial charge on any atom is -0.489 e. The van der Waals surface area contributed by atoms with Crippen molar-refractivity contribution in [3.8, 4) is 5.75 Å². The number of alkyl halides is 3. The van der Waals surface area contributed by atoms with E-state index in [1.165, 1.54) is 4.90 Å². The molecule has 0 bridgehead atoms. The van der Waals surface area contributed by atoms with Gasteiger partial charge in [0, 0.05) is 44.4 Å². The van der Waals surface area contributed by atoms with E-state index in [0.29, 0.717) is 30.9 Å². The molecule has 182 valence electrons. The molecule has 2 saturated heterocycles. The number of hydrogen-bond acceptors (Lipinski definition) is 6. The third-order valence-electron chi connectivity index (χ3n) is 5.99. The van der Waals surface area contributed by atoms with Gasteiger partial charge < -0.3 is 19.9 Å². The van der Waals surface area contributed by atoms with Crippen molar-refractivity contribution in [3.63, 3.8) is 0 Å². The van der Waals surface area contributed by atoms with E-state index in [1.807, 2.05) is 17.0 Å². The van der Waals surface area contributed by atoms with Crippen LogP contribution in [0.3, 0.4) is 0 Å². The number of benzene rings is 1. The number of nitrogens with one attached hydrogen (secondary N) is 1. The summed E-state index contributed by atoms with van der Waals surface area (Å²) in [5, 5.41) is 10.9. The average Bonchev–Trinajstić information content (AvgIpc) is 3.49. The van der Waals surface area contributed by atoms with Crippen molar-refractivity contribution in [1.29, 1.82) is 0 Å². The molecular formula is C23H26F3N5O3. The number of carbonyl (C=O) groups is 2. The summed E-state index contributed by atoms with van der Waals surface area (Å²) in [6.07, 6.45) is -3.37. The first-order valence-corrected chi connectivity index (χ1v) is 11.2. The lowest BCUT2D eigenvalue weighted by molar-refractivity contribution is -0.148. The highest BCUT2D eigenvalue weighted by Gasteiger charge is 2.32. The van der Waals surface area contributed by atoms with Gasteiger partial charge in [-0.2, -0.15) is 18.3 Å². The quantitative estimate of drug-likeness (QED) is 0.659. The highest BCUT2D eigenvalue weighted by atomic mass is 19.4. The van der Waals surface area contributed by atoms with Crippen molar-refractivity contribution >= 4 is 23.3 Å². The number of halogens is 3. The number of hydrogen-bond donors (Lipinski definition) is 1. The fourth-order valence-electron chi connectivity index (χ4n) is 4.16. The molecule has 1 aromatic heterocycles. The van der Waals surface area contributed by atoms with Gasteiger partial charge in [0.1, 0.15) is 11.9 Å². The van der Waals surface area contributed by atoms with Crippen LogP contribution >= 0.6 is 0 Å². The summed E-state index contributed by atoms with van der Waals surface area (Å²) in [6.45, 7) is 1.95. The van der Waals surface area contributed by atoms with Crippen LogP contribution in [0.25, 0.3) is 0 Å². The maximum absolute atomic E-state index is 12.7. The van der Waals surface area contributed by atoms with Crippen LogP contribution < -0.4 is 15.0 Å². The minimum absolute atomic E-state index is 0.0659. The Kier molecular flexibility index (Phi) is 7.18. The summed E-state index contributed by atoms with van der Waals surface area (Å²) in [5.74, 6) is 0.599. The molecule has 4 rings (SSSR count). The summed E-state index contributed by atoms with van der Waals surface area (Å²) in [5.41, 5.74) is 0.644. The molecule has 8 nitrogen and oxygen atoms in total. The van der Waals surface area contributed by atoms with Crippen molar-refractivity contribution < 1.29 is 27.5 Å². The molecule has 2 aromatic rings. The van der Waals surface area contributed by atoms with Crippen LogP contribution in [0.2, 0.25) is 0 Å². The molecule has 0 saturated carbocycles. The molecule has 0 radical (unpaired) electrons. The second-order valence-corrected chi connectivity index (χ2v) is 8.51. The zero-order chi connectivity index (χ0) is 24.1. The Bertz CT molecular complexity index is 988. The number of aromatic nitrogens is 2. The van der Waals surface area contributed by atoms with Crippen molar-refractivity contribution in [2.45, 2.75) is 38.0 Å². The van der Waals surface area contributed by atoms with Gasteiger partial charge in [0.05, 0.1) is 18.9 Å². The monoisotopic (exact) mass is 477 g/mol. The molecule has 2 aliphatic heterocycles. The first kappa shape index (κ1) is 23.8. The predicted molar refractivity (Wildman–Crippen MR) is 118 cm³/mol. The van der Waals surface area contributed by atoms with Crippen molar-refractivity contribution in [1.82, 2.24) is 15.1 Å². The van der Waals surface area contributed by atoms with Gasteiger partial charge >= 0.3 is 6.18 Å². The van der Waals surface area contributed by atoms with Gasteiger partial charge in [-0.1, -0.05) is 0 Å². The van der Waals surface area contributed by atoms with E-state index in [4.69, 9.17) is 4.74 Å². The molecule has 2 amide bonds. The van der Waals surface area contributed by atoms with Crippen LogP contribution in [0.1, 0.15) is 25.7 Å². The Morgan fingerprint density at radius 3 is 2.59 bits per heavy atom. The lowest BCUT2D eigenvalue weighted by Crippen LogP contribution is -2.31.